The van der Waals surface area contributed by atoms with Crippen LogP contribution in [0.5, 0.6) is 17.5 Å². The number of likely N-dealkylation sites (tertiary alicyclic amines) is 1. The number of piperidine rings is 1. The van der Waals surface area contributed by atoms with Gasteiger partial charge >= 0.3 is 16.5 Å². The van der Waals surface area contributed by atoms with Crippen LogP contribution in [0.25, 0.3) is 0 Å². The molecule has 1 aromatic carbocycles. The summed E-state index contributed by atoms with van der Waals surface area (Å²) in [6.07, 6.45) is 1.24. The molecule has 2 saturated heterocycles. The lowest BCUT2D eigenvalue weighted by Gasteiger charge is -2.44. The van der Waals surface area contributed by atoms with E-state index in [4.69, 9.17) is 13.7 Å². The summed E-state index contributed by atoms with van der Waals surface area (Å²) >= 11 is 0. The SMILES string of the molecule is Cc1c(Oc2ccc(CC3COS(=O)(=O)O3)cc2)ncnc1OC1CCN(C(=O)O)C(C(C)(C)C)C1. The highest BCUT2D eigenvalue weighted by molar-refractivity contribution is 7.82. The Morgan fingerprint density at radius 2 is 1.89 bits per heavy atom. The Labute approximate surface area is 210 Å². The summed E-state index contributed by atoms with van der Waals surface area (Å²) in [5, 5.41) is 9.59. The van der Waals surface area contributed by atoms with Crippen LogP contribution in [0.2, 0.25) is 0 Å². The number of hydrogen-bond donors (Lipinski definition) is 1. The third-order valence-corrected chi connectivity index (χ3v) is 7.26. The van der Waals surface area contributed by atoms with Crippen LogP contribution in [-0.2, 0) is 25.2 Å². The van der Waals surface area contributed by atoms with Crippen LogP contribution in [0.15, 0.2) is 30.6 Å². The van der Waals surface area contributed by atoms with Gasteiger partial charge in [-0.05, 0) is 30.0 Å². The largest absolute Gasteiger partial charge is 0.474 e. The number of nitrogens with zero attached hydrogens (tertiary/aromatic N) is 3. The molecule has 2 aliphatic rings. The van der Waals surface area contributed by atoms with E-state index in [0.29, 0.717) is 48.9 Å². The summed E-state index contributed by atoms with van der Waals surface area (Å²) in [5.74, 6) is 1.30. The predicted molar refractivity (Wildman–Crippen MR) is 128 cm³/mol. The minimum atomic E-state index is -3.88. The molecule has 4 rings (SSSR count). The van der Waals surface area contributed by atoms with Crippen LogP contribution in [-0.4, -0.2) is 65.9 Å². The summed E-state index contributed by atoms with van der Waals surface area (Å²) in [6.45, 7) is 8.28. The highest BCUT2D eigenvalue weighted by Crippen LogP contribution is 2.35. The Morgan fingerprint density at radius 1 is 1.19 bits per heavy atom. The second kappa shape index (κ2) is 10.2. The zero-order valence-corrected chi connectivity index (χ0v) is 21.5. The number of carbonyl (C=O) groups is 1. The van der Waals surface area contributed by atoms with E-state index >= 15 is 0 Å². The van der Waals surface area contributed by atoms with Gasteiger partial charge in [-0.3, -0.25) is 0 Å². The molecule has 3 atom stereocenters. The molecule has 0 saturated carbocycles. The van der Waals surface area contributed by atoms with Crippen molar-refractivity contribution in [3.8, 4) is 17.5 Å². The Balaban J connectivity index is 1.40. The lowest BCUT2D eigenvalue weighted by Crippen LogP contribution is -2.53. The second-order valence-corrected chi connectivity index (χ2v) is 11.3. The van der Waals surface area contributed by atoms with Crippen molar-refractivity contribution >= 4 is 16.5 Å². The minimum absolute atomic E-state index is 0.00464. The average molecular weight is 522 g/mol. The van der Waals surface area contributed by atoms with Crippen LogP contribution in [0, 0.1) is 12.3 Å². The molecule has 0 radical (unpaired) electrons. The zero-order chi connectivity index (χ0) is 26.1. The molecule has 2 aromatic rings. The van der Waals surface area contributed by atoms with Crippen LogP contribution in [0.1, 0.15) is 44.7 Å². The van der Waals surface area contributed by atoms with Crippen molar-refractivity contribution in [3.05, 3.63) is 41.7 Å². The normalized spacial score (nSPS) is 23.9. The maximum absolute atomic E-state index is 11.7. The van der Waals surface area contributed by atoms with Crippen molar-refractivity contribution in [3.63, 3.8) is 0 Å². The molecule has 0 aliphatic carbocycles. The first-order valence-electron chi connectivity index (χ1n) is 11.7. The molecule has 2 aliphatic heterocycles. The van der Waals surface area contributed by atoms with E-state index in [-0.39, 0.29) is 24.2 Å². The van der Waals surface area contributed by atoms with E-state index in [9.17, 15) is 18.3 Å². The number of amides is 1. The molecule has 0 bridgehead atoms. The third kappa shape index (κ3) is 6.23. The first kappa shape index (κ1) is 26.1. The van der Waals surface area contributed by atoms with Crippen LogP contribution in [0.4, 0.5) is 4.79 Å². The van der Waals surface area contributed by atoms with Crippen molar-refractivity contribution in [2.45, 2.75) is 65.2 Å². The van der Waals surface area contributed by atoms with E-state index in [1.807, 2.05) is 39.8 Å². The Bertz CT molecular complexity index is 1200. The maximum Gasteiger partial charge on any atom is 0.407 e. The lowest BCUT2D eigenvalue weighted by molar-refractivity contribution is 0.0113. The number of rotatable bonds is 6. The molecule has 3 heterocycles. The van der Waals surface area contributed by atoms with Gasteiger partial charge in [-0.25, -0.2) is 23.1 Å². The van der Waals surface area contributed by atoms with Gasteiger partial charge in [0.25, 0.3) is 0 Å². The van der Waals surface area contributed by atoms with Crippen LogP contribution >= 0.6 is 0 Å². The van der Waals surface area contributed by atoms with E-state index in [2.05, 4.69) is 14.2 Å². The van der Waals surface area contributed by atoms with E-state index in [1.54, 1.807) is 12.1 Å². The molecule has 2 fully saturated rings. The second-order valence-electron chi connectivity index (χ2n) is 10.1. The molecule has 196 valence electrons. The van der Waals surface area contributed by atoms with Gasteiger partial charge in [0.05, 0.1) is 12.2 Å². The van der Waals surface area contributed by atoms with Crippen LogP contribution in [0.3, 0.4) is 0 Å². The van der Waals surface area contributed by atoms with Gasteiger partial charge in [0.2, 0.25) is 11.8 Å². The maximum atomic E-state index is 11.7. The monoisotopic (exact) mass is 521 g/mol. The van der Waals surface area contributed by atoms with Gasteiger partial charge < -0.3 is 19.5 Å². The lowest BCUT2D eigenvalue weighted by atomic mass is 9.80. The van der Waals surface area contributed by atoms with Crippen LogP contribution < -0.4 is 9.47 Å². The number of hydrogen-bond acceptors (Lipinski definition) is 9. The van der Waals surface area contributed by atoms with E-state index in [1.165, 1.54) is 11.2 Å². The highest BCUT2D eigenvalue weighted by atomic mass is 32.3. The fourth-order valence-electron chi connectivity index (χ4n) is 4.43. The molecule has 1 aromatic heterocycles. The molecule has 11 nitrogen and oxygen atoms in total. The van der Waals surface area contributed by atoms with Gasteiger partial charge in [0.15, 0.2) is 0 Å². The molecule has 36 heavy (non-hydrogen) atoms. The summed E-state index contributed by atoms with van der Waals surface area (Å²) < 4.78 is 44.2. The van der Waals surface area contributed by atoms with Crippen molar-refractivity contribution in [2.24, 2.45) is 5.41 Å². The first-order valence-corrected chi connectivity index (χ1v) is 13.1. The number of ether oxygens (including phenoxy) is 2. The van der Waals surface area contributed by atoms with Crippen molar-refractivity contribution in [2.75, 3.05) is 13.2 Å². The Kier molecular flexibility index (Phi) is 7.39. The summed E-state index contributed by atoms with van der Waals surface area (Å²) in [7, 11) is -3.88. The minimum Gasteiger partial charge on any atom is -0.474 e. The summed E-state index contributed by atoms with van der Waals surface area (Å²) in [5.41, 5.74) is 1.28. The van der Waals surface area contributed by atoms with Gasteiger partial charge in [-0.1, -0.05) is 32.9 Å². The fraction of sp³-hybridized carbons (Fsp3) is 0.542. The van der Waals surface area contributed by atoms with Gasteiger partial charge in [0, 0.05) is 31.8 Å². The smallest absolute Gasteiger partial charge is 0.407 e. The average Bonchev–Trinajstić information content (AvgIpc) is 3.15. The molecule has 1 N–H and O–H groups in total. The number of carboxylic acid groups (broad SMARTS) is 1. The number of aromatic nitrogens is 2. The fourth-order valence-corrected chi connectivity index (χ4v) is 5.26. The quantitative estimate of drug-likeness (QED) is 0.599. The van der Waals surface area contributed by atoms with Crippen molar-refractivity contribution in [1.82, 2.24) is 14.9 Å². The Morgan fingerprint density at radius 3 is 2.50 bits per heavy atom. The topological polar surface area (TPSA) is 137 Å². The highest BCUT2D eigenvalue weighted by Gasteiger charge is 2.39. The molecule has 3 unspecified atom stereocenters. The molecule has 0 spiro atoms. The molecular formula is C24H31N3O8S. The first-order chi connectivity index (χ1) is 16.9. The number of benzene rings is 1. The van der Waals surface area contributed by atoms with Gasteiger partial charge in [-0.2, -0.15) is 8.42 Å². The van der Waals surface area contributed by atoms with E-state index < -0.39 is 22.6 Å². The summed E-state index contributed by atoms with van der Waals surface area (Å²) in [6, 6.07) is 6.99. The standard InChI is InChI=1S/C24H31N3O8S/c1-15-21(33-17-7-5-16(6-8-17)11-19-13-32-36(30,31)35-19)25-14-26-22(15)34-18-9-10-27(23(28)29)20(12-18)24(2,3)4/h5-8,14,18-20H,9-13H2,1-4H3,(H,28,29). The molecule has 12 heteroatoms. The third-order valence-electron chi connectivity index (χ3n) is 6.32. The van der Waals surface area contributed by atoms with Crippen molar-refractivity contribution in [1.29, 1.82) is 0 Å². The van der Waals surface area contributed by atoms with E-state index in [0.717, 1.165) is 5.56 Å². The summed E-state index contributed by atoms with van der Waals surface area (Å²) in [4.78, 5) is 21.7. The molecule has 1 amide bonds. The van der Waals surface area contributed by atoms with Gasteiger partial charge in [0.1, 0.15) is 24.3 Å². The predicted octanol–water partition coefficient (Wildman–Crippen LogP) is 3.72. The zero-order valence-electron chi connectivity index (χ0n) is 20.7. The Hall–Kier alpha value is -2.96. The van der Waals surface area contributed by atoms with Crippen molar-refractivity contribution < 1.29 is 36.2 Å². The van der Waals surface area contributed by atoms with Gasteiger partial charge in [-0.15, -0.1) is 0 Å². The molecular weight excluding hydrogens is 490 g/mol.